The minimum atomic E-state index is -0.602. The molecular weight excluding hydrogens is 286 g/mol. The van der Waals surface area contributed by atoms with Crippen LogP contribution in [-0.2, 0) is 16.1 Å². The summed E-state index contributed by atoms with van der Waals surface area (Å²) in [7, 11) is 0. The molecule has 6 nitrogen and oxygen atoms in total. The molecule has 2 aromatic rings. The Balaban J connectivity index is 2.00. The fraction of sp³-hybridized carbons (Fsp3) is 0.0625. The van der Waals surface area contributed by atoms with Crippen molar-refractivity contribution in [2.75, 3.05) is 0 Å². The van der Waals surface area contributed by atoms with Crippen LogP contribution in [0.2, 0.25) is 0 Å². The zero-order valence-corrected chi connectivity index (χ0v) is 11.5. The zero-order valence-electron chi connectivity index (χ0n) is 11.5. The van der Waals surface area contributed by atoms with E-state index in [1.54, 1.807) is 0 Å². The summed E-state index contributed by atoms with van der Waals surface area (Å²) in [5.41, 5.74) is 0.850. The number of carbonyl (C=O) groups excluding carboxylic acids is 1. The van der Waals surface area contributed by atoms with E-state index in [2.05, 4.69) is 0 Å². The molecule has 0 saturated heterocycles. The molecule has 1 N–H and O–H groups in total. The molecule has 0 saturated carbocycles. The first-order valence-electron chi connectivity index (χ1n) is 6.42. The number of nitro groups is 1. The summed E-state index contributed by atoms with van der Waals surface area (Å²) in [4.78, 5) is 21.7. The third kappa shape index (κ3) is 4.17. The van der Waals surface area contributed by atoms with Gasteiger partial charge in [-0.1, -0.05) is 30.3 Å². The SMILES string of the molecule is O=C(C=Cc1cc([N+](=O)[O-])ccc1O)OCc1ccccc1. The van der Waals surface area contributed by atoms with Gasteiger partial charge in [-0.05, 0) is 17.7 Å². The first-order valence-corrected chi connectivity index (χ1v) is 6.42. The van der Waals surface area contributed by atoms with Crippen molar-refractivity contribution in [1.82, 2.24) is 0 Å². The van der Waals surface area contributed by atoms with Crippen molar-refractivity contribution >= 4 is 17.7 Å². The maximum absolute atomic E-state index is 11.6. The monoisotopic (exact) mass is 299 g/mol. The number of rotatable bonds is 5. The van der Waals surface area contributed by atoms with Crippen LogP contribution >= 0.6 is 0 Å². The van der Waals surface area contributed by atoms with E-state index in [-0.39, 0.29) is 23.6 Å². The van der Waals surface area contributed by atoms with E-state index in [1.165, 1.54) is 24.3 Å². The summed E-state index contributed by atoms with van der Waals surface area (Å²) >= 11 is 0. The second-order valence-electron chi connectivity index (χ2n) is 4.43. The molecule has 112 valence electrons. The summed E-state index contributed by atoms with van der Waals surface area (Å²) in [5, 5.41) is 20.3. The predicted octanol–water partition coefficient (Wildman–Crippen LogP) is 3.06. The van der Waals surface area contributed by atoms with Gasteiger partial charge in [0.25, 0.3) is 5.69 Å². The van der Waals surface area contributed by atoms with Crippen LogP contribution in [-0.4, -0.2) is 16.0 Å². The Bertz CT molecular complexity index is 710. The highest BCUT2D eigenvalue weighted by molar-refractivity contribution is 5.87. The van der Waals surface area contributed by atoms with Crippen LogP contribution in [0.5, 0.6) is 5.75 Å². The first-order chi connectivity index (χ1) is 10.6. The topological polar surface area (TPSA) is 89.7 Å². The van der Waals surface area contributed by atoms with Gasteiger partial charge in [-0.15, -0.1) is 0 Å². The van der Waals surface area contributed by atoms with Crippen LogP contribution in [0.4, 0.5) is 5.69 Å². The quantitative estimate of drug-likeness (QED) is 0.396. The molecule has 0 aliphatic carbocycles. The number of aromatic hydroxyl groups is 1. The fourth-order valence-corrected chi connectivity index (χ4v) is 1.72. The lowest BCUT2D eigenvalue weighted by Gasteiger charge is -2.02. The van der Waals surface area contributed by atoms with Crippen LogP contribution in [0, 0.1) is 10.1 Å². The van der Waals surface area contributed by atoms with Gasteiger partial charge in [-0.2, -0.15) is 0 Å². The van der Waals surface area contributed by atoms with Gasteiger partial charge in [-0.3, -0.25) is 10.1 Å². The van der Waals surface area contributed by atoms with Gasteiger partial charge in [0.2, 0.25) is 0 Å². The maximum atomic E-state index is 11.6. The van der Waals surface area contributed by atoms with E-state index in [4.69, 9.17) is 4.74 Å². The lowest BCUT2D eigenvalue weighted by molar-refractivity contribution is -0.384. The average molecular weight is 299 g/mol. The van der Waals surface area contributed by atoms with Crippen molar-refractivity contribution in [3.05, 3.63) is 75.8 Å². The molecular formula is C16H13NO5. The van der Waals surface area contributed by atoms with Gasteiger partial charge in [0.1, 0.15) is 12.4 Å². The minimum absolute atomic E-state index is 0.130. The molecule has 6 heteroatoms. The second-order valence-corrected chi connectivity index (χ2v) is 4.43. The van der Waals surface area contributed by atoms with E-state index in [0.29, 0.717) is 0 Å². The fourth-order valence-electron chi connectivity index (χ4n) is 1.72. The number of benzene rings is 2. The highest BCUT2D eigenvalue weighted by Crippen LogP contribution is 2.24. The van der Waals surface area contributed by atoms with Crippen molar-refractivity contribution in [3.8, 4) is 5.75 Å². The van der Waals surface area contributed by atoms with Crippen molar-refractivity contribution in [1.29, 1.82) is 0 Å². The average Bonchev–Trinajstić information content (AvgIpc) is 2.53. The molecule has 0 unspecified atom stereocenters. The molecule has 0 atom stereocenters. The molecule has 0 heterocycles. The van der Waals surface area contributed by atoms with Gasteiger partial charge in [0.15, 0.2) is 0 Å². The highest BCUT2D eigenvalue weighted by atomic mass is 16.6. The summed E-state index contributed by atoms with van der Waals surface area (Å²) in [5.74, 6) is -0.757. The Labute approximate surface area is 126 Å². The molecule has 22 heavy (non-hydrogen) atoms. The smallest absolute Gasteiger partial charge is 0.331 e. The van der Waals surface area contributed by atoms with Crippen LogP contribution in [0.3, 0.4) is 0 Å². The van der Waals surface area contributed by atoms with E-state index in [1.807, 2.05) is 30.3 Å². The number of hydrogen-bond donors (Lipinski definition) is 1. The van der Waals surface area contributed by atoms with Gasteiger partial charge in [0.05, 0.1) is 4.92 Å². The Kier molecular flexibility index (Phi) is 4.87. The lowest BCUT2D eigenvalue weighted by Crippen LogP contribution is -2.00. The van der Waals surface area contributed by atoms with Gasteiger partial charge in [-0.25, -0.2) is 4.79 Å². The number of hydrogen-bond acceptors (Lipinski definition) is 5. The van der Waals surface area contributed by atoms with Crippen molar-refractivity contribution < 1.29 is 19.6 Å². The number of ether oxygens (including phenoxy) is 1. The molecule has 0 spiro atoms. The molecule has 0 bridgehead atoms. The van der Waals surface area contributed by atoms with Gasteiger partial charge in [0, 0.05) is 23.8 Å². The number of esters is 1. The largest absolute Gasteiger partial charge is 0.507 e. The minimum Gasteiger partial charge on any atom is -0.507 e. The number of carbonyl (C=O) groups is 1. The van der Waals surface area contributed by atoms with E-state index >= 15 is 0 Å². The second kappa shape index (κ2) is 7.03. The van der Waals surface area contributed by atoms with Crippen molar-refractivity contribution in [2.45, 2.75) is 6.61 Å². The van der Waals surface area contributed by atoms with Crippen LogP contribution in [0.25, 0.3) is 6.08 Å². The molecule has 0 amide bonds. The molecule has 0 aliphatic heterocycles. The van der Waals surface area contributed by atoms with Crippen LogP contribution in [0.15, 0.2) is 54.6 Å². The number of nitrogens with zero attached hydrogens (tertiary/aromatic N) is 1. The van der Waals surface area contributed by atoms with Crippen LogP contribution in [0.1, 0.15) is 11.1 Å². The Morgan fingerprint density at radius 1 is 1.23 bits per heavy atom. The summed E-state index contributed by atoms with van der Waals surface area (Å²) in [6.45, 7) is 0.130. The number of non-ortho nitro benzene ring substituents is 1. The van der Waals surface area contributed by atoms with E-state index < -0.39 is 10.9 Å². The number of phenolic OH excluding ortho intramolecular Hbond substituents is 1. The Hall–Kier alpha value is -3.15. The summed E-state index contributed by atoms with van der Waals surface area (Å²) in [6, 6.07) is 12.7. The number of nitro benzene ring substituents is 1. The molecule has 0 fully saturated rings. The maximum Gasteiger partial charge on any atom is 0.331 e. The highest BCUT2D eigenvalue weighted by Gasteiger charge is 2.08. The molecule has 2 aromatic carbocycles. The standard InChI is InChI=1S/C16H13NO5/c18-15-8-7-14(17(20)21)10-13(15)6-9-16(19)22-11-12-4-2-1-3-5-12/h1-10,18H,11H2. The normalized spacial score (nSPS) is 10.5. The Morgan fingerprint density at radius 2 is 1.95 bits per heavy atom. The lowest BCUT2D eigenvalue weighted by atomic mass is 10.1. The molecule has 2 rings (SSSR count). The van der Waals surface area contributed by atoms with E-state index in [0.717, 1.165) is 11.6 Å². The molecule has 0 aliphatic rings. The van der Waals surface area contributed by atoms with E-state index in [9.17, 15) is 20.0 Å². The first kappa shape index (κ1) is 15.2. The third-order valence-electron chi connectivity index (χ3n) is 2.84. The Morgan fingerprint density at radius 3 is 2.64 bits per heavy atom. The van der Waals surface area contributed by atoms with Gasteiger partial charge < -0.3 is 9.84 Å². The molecule has 0 aromatic heterocycles. The summed E-state index contributed by atoms with van der Waals surface area (Å²) < 4.78 is 5.03. The van der Waals surface area contributed by atoms with Crippen molar-refractivity contribution in [3.63, 3.8) is 0 Å². The van der Waals surface area contributed by atoms with Crippen LogP contribution < -0.4 is 0 Å². The zero-order chi connectivity index (χ0) is 15.9. The number of phenols is 1. The third-order valence-corrected chi connectivity index (χ3v) is 2.84. The van der Waals surface area contributed by atoms with Crippen molar-refractivity contribution in [2.24, 2.45) is 0 Å². The summed E-state index contributed by atoms with van der Waals surface area (Å²) in [6.07, 6.45) is 2.39. The predicted molar refractivity (Wildman–Crippen MR) is 80.0 cm³/mol. The molecule has 0 radical (unpaired) electrons. The van der Waals surface area contributed by atoms with Gasteiger partial charge >= 0.3 is 5.97 Å².